The van der Waals surface area contributed by atoms with E-state index in [4.69, 9.17) is 0 Å². The Bertz CT molecular complexity index is 433. The molecule has 16 heavy (non-hydrogen) atoms. The van der Waals surface area contributed by atoms with Gasteiger partial charge in [-0.25, -0.2) is 0 Å². The molecular weight excluding hydrogens is 198 g/mol. The highest BCUT2D eigenvalue weighted by atomic mass is 15.0. The number of rotatable bonds is 4. The molecule has 84 valence electrons. The van der Waals surface area contributed by atoms with Gasteiger partial charge in [0.1, 0.15) is 0 Å². The van der Waals surface area contributed by atoms with E-state index in [2.05, 4.69) is 53.2 Å². The molecule has 1 atom stereocenters. The Morgan fingerprint density at radius 3 is 2.88 bits per heavy atom. The van der Waals surface area contributed by atoms with Gasteiger partial charge in [0.2, 0.25) is 0 Å². The zero-order valence-electron chi connectivity index (χ0n) is 9.72. The van der Waals surface area contributed by atoms with Crippen LogP contribution in [0.2, 0.25) is 0 Å². The van der Waals surface area contributed by atoms with Crippen LogP contribution in [-0.4, -0.2) is 9.55 Å². The van der Waals surface area contributed by atoms with Crippen molar-refractivity contribution in [2.24, 2.45) is 7.05 Å². The van der Waals surface area contributed by atoms with Crippen molar-refractivity contribution in [3.05, 3.63) is 54.1 Å². The molecule has 0 aliphatic heterocycles. The van der Waals surface area contributed by atoms with E-state index in [-0.39, 0.29) is 0 Å². The summed E-state index contributed by atoms with van der Waals surface area (Å²) in [6.45, 7) is 3.03. The van der Waals surface area contributed by atoms with Crippen LogP contribution in [0, 0.1) is 0 Å². The van der Waals surface area contributed by atoms with Gasteiger partial charge in [-0.3, -0.25) is 4.98 Å². The van der Waals surface area contributed by atoms with Crippen LogP contribution in [0.5, 0.6) is 0 Å². The predicted molar refractivity (Wildman–Crippen MR) is 64.9 cm³/mol. The van der Waals surface area contributed by atoms with E-state index in [1.165, 1.54) is 11.3 Å². The molecule has 0 amide bonds. The van der Waals surface area contributed by atoms with Crippen molar-refractivity contribution >= 4 is 0 Å². The lowest BCUT2D eigenvalue weighted by molar-refractivity contribution is 0.556. The minimum absolute atomic E-state index is 0.323. The first-order valence-electron chi connectivity index (χ1n) is 5.51. The summed E-state index contributed by atoms with van der Waals surface area (Å²) in [4.78, 5) is 4.12. The third kappa shape index (κ3) is 2.49. The minimum Gasteiger partial charge on any atom is -0.353 e. The molecule has 0 bridgehead atoms. The fourth-order valence-electron chi connectivity index (χ4n) is 1.69. The molecule has 0 spiro atoms. The number of aryl methyl sites for hydroxylation is 1. The van der Waals surface area contributed by atoms with Crippen LogP contribution in [0.4, 0.5) is 0 Å². The highest BCUT2D eigenvalue weighted by Gasteiger charge is 2.05. The van der Waals surface area contributed by atoms with Crippen LogP contribution in [0.1, 0.15) is 24.2 Å². The van der Waals surface area contributed by atoms with E-state index in [1.54, 1.807) is 6.20 Å². The van der Waals surface area contributed by atoms with Crippen LogP contribution in [-0.2, 0) is 13.6 Å². The summed E-state index contributed by atoms with van der Waals surface area (Å²) >= 11 is 0. The number of nitrogens with zero attached hydrogens (tertiary/aromatic N) is 2. The summed E-state index contributed by atoms with van der Waals surface area (Å²) in [6, 6.07) is 8.57. The standard InChI is InChI=1S/C13H17N3/c1-11(12-5-3-7-14-9-12)15-10-13-6-4-8-16(13)2/h3-9,11,15H,10H2,1-2H3/t11-/m0/s1. The summed E-state index contributed by atoms with van der Waals surface area (Å²) in [6.07, 6.45) is 5.77. The molecule has 0 saturated carbocycles. The van der Waals surface area contributed by atoms with E-state index in [0.29, 0.717) is 6.04 Å². The molecule has 3 heteroatoms. The number of hydrogen-bond donors (Lipinski definition) is 1. The number of aromatic nitrogens is 2. The van der Waals surface area contributed by atoms with E-state index in [9.17, 15) is 0 Å². The molecule has 0 unspecified atom stereocenters. The average molecular weight is 215 g/mol. The molecule has 1 N–H and O–H groups in total. The Labute approximate surface area is 96.1 Å². The molecule has 2 heterocycles. The van der Waals surface area contributed by atoms with Gasteiger partial charge in [0.25, 0.3) is 0 Å². The number of pyridine rings is 1. The Morgan fingerprint density at radius 1 is 1.38 bits per heavy atom. The molecule has 2 rings (SSSR count). The molecule has 0 aliphatic carbocycles. The Kier molecular flexibility index (Phi) is 3.37. The fourth-order valence-corrected chi connectivity index (χ4v) is 1.69. The molecule has 0 saturated heterocycles. The Morgan fingerprint density at radius 2 is 2.25 bits per heavy atom. The van der Waals surface area contributed by atoms with Gasteiger partial charge in [0.05, 0.1) is 0 Å². The lowest BCUT2D eigenvalue weighted by atomic mass is 10.1. The first kappa shape index (κ1) is 10.9. The SMILES string of the molecule is C[C@H](NCc1cccn1C)c1cccnc1. The third-order valence-electron chi connectivity index (χ3n) is 2.83. The van der Waals surface area contributed by atoms with Crippen molar-refractivity contribution in [3.8, 4) is 0 Å². The average Bonchev–Trinajstić information content (AvgIpc) is 2.73. The quantitative estimate of drug-likeness (QED) is 0.848. The summed E-state index contributed by atoms with van der Waals surface area (Å²) in [5, 5.41) is 3.48. The Balaban J connectivity index is 1.94. The fraction of sp³-hybridized carbons (Fsp3) is 0.308. The smallest absolute Gasteiger partial charge is 0.0364 e. The van der Waals surface area contributed by atoms with E-state index in [0.717, 1.165) is 6.54 Å². The van der Waals surface area contributed by atoms with Crippen molar-refractivity contribution in [1.82, 2.24) is 14.9 Å². The zero-order valence-corrected chi connectivity index (χ0v) is 9.72. The van der Waals surface area contributed by atoms with Gasteiger partial charge in [0.15, 0.2) is 0 Å². The first-order chi connectivity index (χ1) is 7.77. The molecule has 3 nitrogen and oxygen atoms in total. The van der Waals surface area contributed by atoms with Gasteiger partial charge >= 0.3 is 0 Å². The van der Waals surface area contributed by atoms with Crippen molar-refractivity contribution in [2.45, 2.75) is 19.5 Å². The molecule has 0 radical (unpaired) electrons. The van der Waals surface area contributed by atoms with E-state index >= 15 is 0 Å². The lowest BCUT2D eigenvalue weighted by Crippen LogP contribution is -2.19. The molecule has 2 aromatic rings. The zero-order chi connectivity index (χ0) is 11.4. The molecule has 0 aromatic carbocycles. The summed E-state index contributed by atoms with van der Waals surface area (Å²) in [5.74, 6) is 0. The second kappa shape index (κ2) is 4.94. The van der Waals surface area contributed by atoms with Gasteiger partial charge in [-0.2, -0.15) is 0 Å². The second-order valence-corrected chi connectivity index (χ2v) is 4.00. The van der Waals surface area contributed by atoms with Crippen molar-refractivity contribution in [2.75, 3.05) is 0 Å². The largest absolute Gasteiger partial charge is 0.353 e. The topological polar surface area (TPSA) is 29.9 Å². The van der Waals surface area contributed by atoms with Crippen molar-refractivity contribution < 1.29 is 0 Å². The molecule has 0 fully saturated rings. The van der Waals surface area contributed by atoms with Gasteiger partial charge in [-0.15, -0.1) is 0 Å². The first-order valence-corrected chi connectivity index (χ1v) is 5.51. The van der Waals surface area contributed by atoms with Gasteiger partial charge < -0.3 is 9.88 Å². The van der Waals surface area contributed by atoms with E-state index < -0.39 is 0 Å². The summed E-state index contributed by atoms with van der Waals surface area (Å²) in [5.41, 5.74) is 2.51. The highest BCUT2D eigenvalue weighted by Crippen LogP contribution is 2.11. The summed E-state index contributed by atoms with van der Waals surface area (Å²) < 4.78 is 2.13. The van der Waals surface area contributed by atoms with Gasteiger partial charge in [0, 0.05) is 43.9 Å². The maximum absolute atomic E-state index is 4.12. The normalized spacial score (nSPS) is 12.6. The number of hydrogen-bond acceptors (Lipinski definition) is 2. The van der Waals surface area contributed by atoms with Crippen LogP contribution < -0.4 is 5.32 Å². The van der Waals surface area contributed by atoms with Crippen LogP contribution in [0.3, 0.4) is 0 Å². The molecule has 0 aliphatic rings. The third-order valence-corrected chi connectivity index (χ3v) is 2.83. The van der Waals surface area contributed by atoms with E-state index in [1.807, 2.05) is 12.3 Å². The number of nitrogens with one attached hydrogen (secondary N) is 1. The second-order valence-electron chi connectivity index (χ2n) is 4.00. The summed E-state index contributed by atoms with van der Waals surface area (Å²) in [7, 11) is 2.06. The van der Waals surface area contributed by atoms with Crippen molar-refractivity contribution in [1.29, 1.82) is 0 Å². The molecule has 2 aromatic heterocycles. The lowest BCUT2D eigenvalue weighted by Gasteiger charge is -2.14. The minimum atomic E-state index is 0.323. The van der Waals surface area contributed by atoms with Crippen molar-refractivity contribution in [3.63, 3.8) is 0 Å². The van der Waals surface area contributed by atoms with Crippen LogP contribution >= 0.6 is 0 Å². The highest BCUT2D eigenvalue weighted by molar-refractivity contribution is 5.13. The maximum atomic E-state index is 4.12. The monoisotopic (exact) mass is 215 g/mol. The maximum Gasteiger partial charge on any atom is 0.0364 e. The van der Waals surface area contributed by atoms with Gasteiger partial charge in [-0.1, -0.05) is 6.07 Å². The Hall–Kier alpha value is -1.61. The van der Waals surface area contributed by atoms with Gasteiger partial charge in [-0.05, 0) is 30.7 Å². The van der Waals surface area contributed by atoms with Crippen LogP contribution in [0.25, 0.3) is 0 Å². The van der Waals surface area contributed by atoms with Crippen LogP contribution in [0.15, 0.2) is 42.9 Å². The predicted octanol–water partition coefficient (Wildman–Crippen LogP) is 2.27. The molecular formula is C13H17N3.